The highest BCUT2D eigenvalue weighted by Crippen LogP contribution is 2.45. The fourth-order valence-corrected chi connectivity index (χ4v) is 12.8. The normalized spacial score (nSPS) is 14.2. The van der Waals surface area contributed by atoms with Crippen LogP contribution in [0.4, 0.5) is 0 Å². The van der Waals surface area contributed by atoms with E-state index in [-0.39, 0.29) is 25.7 Å². The van der Waals surface area contributed by atoms with E-state index in [2.05, 4.69) is 55.4 Å². The van der Waals surface area contributed by atoms with Crippen molar-refractivity contribution in [2.45, 2.75) is 388 Å². The Kier molecular flexibility index (Phi) is 62.2. The summed E-state index contributed by atoms with van der Waals surface area (Å²) < 4.78 is 68.5. The Morgan fingerprint density at radius 3 is 0.667 bits per heavy atom. The first-order valence-electron chi connectivity index (χ1n) is 38.2. The maximum atomic E-state index is 13.1. The minimum absolute atomic E-state index is 0.105. The molecule has 0 spiro atoms. The first-order valence-corrected chi connectivity index (χ1v) is 41.2. The number of carbonyl (C=O) groups is 4. The molecule has 0 aliphatic heterocycles. The maximum absolute atomic E-state index is 13.1. The van der Waals surface area contributed by atoms with Crippen LogP contribution in [0.15, 0.2) is 0 Å². The van der Waals surface area contributed by atoms with E-state index >= 15 is 0 Å². The van der Waals surface area contributed by atoms with Gasteiger partial charge in [-0.05, 0) is 49.4 Å². The number of hydrogen-bond acceptors (Lipinski definition) is 15. The van der Waals surface area contributed by atoms with E-state index in [1.807, 2.05) is 0 Å². The molecule has 19 heteroatoms. The summed E-state index contributed by atoms with van der Waals surface area (Å²) in [6.45, 7) is 14.2. The number of unbranched alkanes of at least 4 members (excludes halogenated alkanes) is 37. The van der Waals surface area contributed by atoms with Crippen LogP contribution in [0.5, 0.6) is 0 Å². The van der Waals surface area contributed by atoms with Crippen LogP contribution in [-0.2, 0) is 65.4 Å². The lowest BCUT2D eigenvalue weighted by atomic mass is 10.0. The lowest BCUT2D eigenvalue weighted by molar-refractivity contribution is -0.161. The van der Waals surface area contributed by atoms with Crippen LogP contribution < -0.4 is 0 Å². The van der Waals surface area contributed by atoms with Gasteiger partial charge in [-0.25, -0.2) is 9.13 Å². The van der Waals surface area contributed by atoms with Gasteiger partial charge in [0.1, 0.15) is 19.3 Å². The summed E-state index contributed by atoms with van der Waals surface area (Å²) in [5, 5.41) is 10.6. The number of aliphatic hydroxyl groups excluding tert-OH is 1. The third-order valence-corrected chi connectivity index (χ3v) is 19.0. The number of rotatable bonds is 71. The number of esters is 4. The predicted molar refractivity (Wildman–Crippen MR) is 377 cm³/mol. The molecule has 0 aliphatic carbocycles. The van der Waals surface area contributed by atoms with Gasteiger partial charge in [0.25, 0.3) is 0 Å². The molecule has 0 heterocycles. The van der Waals surface area contributed by atoms with Crippen molar-refractivity contribution >= 4 is 39.5 Å². The molecule has 3 unspecified atom stereocenters. The fraction of sp³-hybridized carbons (Fsp3) is 0.946. The molecule has 0 bridgehead atoms. The second kappa shape index (κ2) is 63.5. The smallest absolute Gasteiger partial charge is 0.462 e. The summed E-state index contributed by atoms with van der Waals surface area (Å²) in [7, 11) is -9.91. The highest BCUT2D eigenvalue weighted by atomic mass is 31.2. The summed E-state index contributed by atoms with van der Waals surface area (Å²) in [4.78, 5) is 72.7. The number of aliphatic hydroxyl groups is 1. The van der Waals surface area contributed by atoms with Gasteiger partial charge < -0.3 is 33.8 Å². The third-order valence-electron chi connectivity index (χ3n) is 17.1. The first kappa shape index (κ1) is 91.1. The molecule has 0 aromatic carbocycles. The Balaban J connectivity index is 5.26. The van der Waals surface area contributed by atoms with Crippen molar-refractivity contribution < 1.29 is 80.2 Å². The Morgan fingerprint density at radius 1 is 0.269 bits per heavy atom. The number of ether oxygens (including phenoxy) is 4. The Bertz CT molecular complexity index is 1830. The van der Waals surface area contributed by atoms with Crippen molar-refractivity contribution in [3.05, 3.63) is 0 Å². The Labute approximate surface area is 568 Å². The molecule has 0 saturated heterocycles. The second-order valence-electron chi connectivity index (χ2n) is 28.6. The third kappa shape index (κ3) is 68.4. The van der Waals surface area contributed by atoms with Crippen molar-refractivity contribution in [1.29, 1.82) is 0 Å². The largest absolute Gasteiger partial charge is 0.472 e. The standard InChI is InChI=1S/C74H144O17P2/c1-64(2)50-42-34-26-18-12-10-9-11-13-21-30-38-46-54-71(76)84-60-69(90-73(78)56-48-40-32-22-16-14-19-27-35-43-51-65(3)4)62-88-92(80,81)86-58-68(75)59-87-93(82,83)89-63-70(61-85-72(77)55-47-39-31-25-24-29-37-45-53-67(7)8)91-74(79)57-49-41-33-23-17-15-20-28-36-44-52-66(5)6/h64-70,75H,9-63H2,1-8H3,(H,80,81)(H,82,83)/t68?,69-,70-/m1/s1. The Morgan fingerprint density at radius 2 is 0.452 bits per heavy atom. The van der Waals surface area contributed by atoms with Crippen LogP contribution >= 0.6 is 15.6 Å². The van der Waals surface area contributed by atoms with E-state index in [0.717, 1.165) is 114 Å². The van der Waals surface area contributed by atoms with Gasteiger partial charge in [0, 0.05) is 25.7 Å². The van der Waals surface area contributed by atoms with Crippen LogP contribution in [0.3, 0.4) is 0 Å². The van der Waals surface area contributed by atoms with Crippen molar-refractivity contribution in [3.63, 3.8) is 0 Å². The van der Waals surface area contributed by atoms with E-state index in [1.165, 1.54) is 173 Å². The van der Waals surface area contributed by atoms with Gasteiger partial charge in [0.05, 0.1) is 26.4 Å². The molecule has 0 aromatic heterocycles. The quantitative estimate of drug-likeness (QED) is 0.0222. The minimum atomic E-state index is -4.96. The summed E-state index contributed by atoms with van der Waals surface area (Å²) in [5.41, 5.74) is 0. The minimum Gasteiger partial charge on any atom is -0.462 e. The average Bonchev–Trinajstić information content (AvgIpc) is 3.67. The van der Waals surface area contributed by atoms with Gasteiger partial charge in [0.15, 0.2) is 12.2 Å². The highest BCUT2D eigenvalue weighted by molar-refractivity contribution is 7.47. The summed E-state index contributed by atoms with van der Waals surface area (Å²) >= 11 is 0. The van der Waals surface area contributed by atoms with E-state index in [4.69, 9.17) is 37.0 Å². The van der Waals surface area contributed by atoms with Crippen LogP contribution in [0, 0.1) is 23.7 Å². The molecule has 0 amide bonds. The van der Waals surface area contributed by atoms with Gasteiger partial charge in [-0.3, -0.25) is 37.3 Å². The van der Waals surface area contributed by atoms with E-state index in [1.54, 1.807) is 0 Å². The predicted octanol–water partition coefficient (Wildman–Crippen LogP) is 21.3. The molecule has 0 radical (unpaired) electrons. The van der Waals surface area contributed by atoms with Gasteiger partial charge in [0.2, 0.25) is 0 Å². The van der Waals surface area contributed by atoms with Gasteiger partial charge in [-0.2, -0.15) is 0 Å². The molecular weight excluding hydrogens is 1220 g/mol. The molecule has 3 N–H and O–H groups in total. The average molecular weight is 1370 g/mol. The van der Waals surface area contributed by atoms with Crippen molar-refractivity contribution in [3.8, 4) is 0 Å². The van der Waals surface area contributed by atoms with Crippen LogP contribution in [0.1, 0.15) is 370 Å². The molecule has 0 aromatic rings. The molecule has 93 heavy (non-hydrogen) atoms. The van der Waals surface area contributed by atoms with E-state index in [0.29, 0.717) is 25.7 Å². The summed E-state index contributed by atoms with van der Waals surface area (Å²) in [6.07, 6.45) is 47.2. The summed E-state index contributed by atoms with van der Waals surface area (Å²) in [5.74, 6) is 0.898. The maximum Gasteiger partial charge on any atom is 0.472 e. The number of hydrogen-bond donors (Lipinski definition) is 3. The molecule has 552 valence electrons. The number of phosphoric acid groups is 2. The second-order valence-corrected chi connectivity index (χ2v) is 31.5. The lowest BCUT2D eigenvalue weighted by Gasteiger charge is -2.21. The van der Waals surface area contributed by atoms with Crippen molar-refractivity contribution in [2.24, 2.45) is 23.7 Å². The molecule has 0 saturated carbocycles. The summed E-state index contributed by atoms with van der Waals surface area (Å²) in [6, 6.07) is 0. The van der Waals surface area contributed by atoms with Crippen LogP contribution in [0.2, 0.25) is 0 Å². The molecular formula is C74H144O17P2. The van der Waals surface area contributed by atoms with Crippen molar-refractivity contribution in [1.82, 2.24) is 0 Å². The van der Waals surface area contributed by atoms with Crippen LogP contribution in [0.25, 0.3) is 0 Å². The lowest BCUT2D eigenvalue weighted by Crippen LogP contribution is -2.30. The number of phosphoric ester groups is 2. The molecule has 0 rings (SSSR count). The van der Waals surface area contributed by atoms with Gasteiger partial charge >= 0.3 is 39.5 Å². The zero-order valence-corrected chi connectivity index (χ0v) is 62.7. The Hall–Kier alpha value is -1.94. The van der Waals surface area contributed by atoms with Crippen molar-refractivity contribution in [2.75, 3.05) is 39.6 Å². The van der Waals surface area contributed by atoms with Gasteiger partial charge in [-0.15, -0.1) is 0 Å². The topological polar surface area (TPSA) is 237 Å². The SMILES string of the molecule is CC(C)CCCCCCCCCCCCCCCC(=O)OC[C@H](COP(=O)(O)OCC(O)COP(=O)(O)OC[C@@H](COC(=O)CCCCCCCCCCC(C)C)OC(=O)CCCCCCCCCCCCC(C)C)OC(=O)CCCCCCCCCCCCC(C)C. The van der Waals surface area contributed by atoms with Crippen LogP contribution in [-0.4, -0.2) is 96.7 Å². The first-order chi connectivity index (χ1) is 44.6. The zero-order chi connectivity index (χ0) is 68.9. The van der Waals surface area contributed by atoms with Gasteiger partial charge in [-0.1, -0.05) is 319 Å². The monoisotopic (exact) mass is 1370 g/mol. The molecule has 17 nitrogen and oxygen atoms in total. The zero-order valence-electron chi connectivity index (χ0n) is 60.9. The molecule has 0 fully saturated rings. The molecule has 0 aliphatic rings. The molecule has 5 atom stereocenters. The number of carbonyl (C=O) groups excluding carboxylic acids is 4. The fourth-order valence-electron chi connectivity index (χ4n) is 11.2. The highest BCUT2D eigenvalue weighted by Gasteiger charge is 2.30. The van der Waals surface area contributed by atoms with E-state index < -0.39 is 97.5 Å². The van der Waals surface area contributed by atoms with E-state index in [9.17, 15) is 43.2 Å².